The van der Waals surface area contributed by atoms with Gasteiger partial charge in [-0.25, -0.2) is 21.2 Å². The third kappa shape index (κ3) is 5.65. The summed E-state index contributed by atoms with van der Waals surface area (Å²) in [6.45, 7) is 2.65. The maximum Gasteiger partial charge on any atom is 0.250 e. The first kappa shape index (κ1) is 30.3. The number of hydrogen-bond acceptors (Lipinski definition) is 10. The van der Waals surface area contributed by atoms with Gasteiger partial charge < -0.3 is 19.8 Å². The van der Waals surface area contributed by atoms with Crippen LogP contribution in [0.1, 0.15) is 25.3 Å². The number of sulfone groups is 2. The Morgan fingerprint density at radius 2 is 1.67 bits per heavy atom. The van der Waals surface area contributed by atoms with Crippen LogP contribution in [0.2, 0.25) is 0 Å². The molecule has 14 heteroatoms. The maximum absolute atomic E-state index is 15.4. The third-order valence-corrected chi connectivity index (χ3v) is 11.3. The fourth-order valence-electron chi connectivity index (χ4n) is 4.55. The van der Waals surface area contributed by atoms with E-state index in [4.69, 9.17) is 14.9 Å². The van der Waals surface area contributed by atoms with Crippen LogP contribution in [0.3, 0.4) is 0 Å². The van der Waals surface area contributed by atoms with Crippen LogP contribution in [-0.2, 0) is 35.8 Å². The van der Waals surface area contributed by atoms with Crippen molar-refractivity contribution in [1.29, 1.82) is 0 Å². The number of amides is 1. The molecule has 1 aliphatic rings. The van der Waals surface area contributed by atoms with Gasteiger partial charge in [-0.3, -0.25) is 4.79 Å². The van der Waals surface area contributed by atoms with Gasteiger partial charge in [0.25, 0.3) is 5.89 Å². The number of anilines is 1. The molecule has 11 nitrogen and oxygen atoms in total. The molecule has 0 saturated carbocycles. The molecule has 1 atom stereocenters. The fraction of sp³-hybridized carbons (Fsp3) is 0.276. The number of rotatable bonds is 7. The number of carbonyl (C=O) groups excluding carboxylic acids is 1. The van der Waals surface area contributed by atoms with E-state index in [-0.39, 0.29) is 29.6 Å². The van der Waals surface area contributed by atoms with Crippen LogP contribution in [-0.4, -0.2) is 58.1 Å². The van der Waals surface area contributed by atoms with Gasteiger partial charge in [-0.15, -0.1) is 10.2 Å². The molecule has 2 heterocycles. The zero-order valence-electron chi connectivity index (χ0n) is 23.7. The van der Waals surface area contributed by atoms with Crippen LogP contribution in [0, 0.1) is 5.82 Å². The highest BCUT2D eigenvalue weighted by molar-refractivity contribution is 7.92. The number of nitrogens with zero attached hydrogens (tertiary/aromatic N) is 3. The summed E-state index contributed by atoms with van der Waals surface area (Å²) in [6, 6.07) is 15.3. The van der Waals surface area contributed by atoms with Gasteiger partial charge in [0.05, 0.1) is 41.6 Å². The Morgan fingerprint density at radius 1 is 1.07 bits per heavy atom. The van der Waals surface area contributed by atoms with Crippen LogP contribution in [0.4, 0.5) is 10.1 Å². The number of carbonyl (C=O) groups is 1. The lowest BCUT2D eigenvalue weighted by Gasteiger charge is -2.25. The second-order valence-corrected chi connectivity index (χ2v) is 15.3. The van der Waals surface area contributed by atoms with Gasteiger partial charge in [0.15, 0.2) is 19.7 Å². The van der Waals surface area contributed by atoms with Crippen molar-refractivity contribution in [2.75, 3.05) is 24.0 Å². The van der Waals surface area contributed by atoms with E-state index >= 15 is 4.39 Å². The molecular weight excluding hydrogens is 599 g/mol. The predicted octanol–water partition coefficient (Wildman–Crippen LogP) is 3.48. The van der Waals surface area contributed by atoms with E-state index in [2.05, 4.69) is 10.2 Å². The Bertz CT molecular complexity index is 1920. The zero-order chi connectivity index (χ0) is 31.3. The second-order valence-electron chi connectivity index (χ2n) is 10.7. The predicted molar refractivity (Wildman–Crippen MR) is 157 cm³/mol. The normalized spacial score (nSPS) is 16.9. The van der Waals surface area contributed by atoms with Crippen LogP contribution >= 0.6 is 0 Å². The Hall–Kier alpha value is -4.14. The van der Waals surface area contributed by atoms with Crippen molar-refractivity contribution in [3.63, 3.8) is 0 Å². The van der Waals surface area contributed by atoms with Crippen LogP contribution in [0.15, 0.2) is 70.0 Å². The number of hydrogen-bond donors (Lipinski definition) is 1. The highest BCUT2D eigenvalue weighted by Crippen LogP contribution is 2.38. The summed E-state index contributed by atoms with van der Waals surface area (Å²) in [4.78, 5) is 14.2. The van der Waals surface area contributed by atoms with Crippen LogP contribution in [0.25, 0.3) is 22.6 Å². The van der Waals surface area contributed by atoms with Gasteiger partial charge in [-0.2, -0.15) is 0 Å². The molecule has 1 amide bonds. The smallest absolute Gasteiger partial charge is 0.250 e. The molecule has 0 unspecified atom stereocenters. The molecular formula is C29H29FN4O7S2. The Balaban J connectivity index is 1.56. The maximum atomic E-state index is 15.4. The van der Waals surface area contributed by atoms with Crippen molar-refractivity contribution >= 4 is 31.3 Å². The zero-order valence-corrected chi connectivity index (χ0v) is 25.4. The van der Waals surface area contributed by atoms with Crippen LogP contribution < -0.4 is 15.4 Å². The molecule has 0 fully saturated rings. The average Bonchev–Trinajstić information content (AvgIpc) is 3.44. The number of methoxy groups -OCH3 is 1. The molecule has 0 bridgehead atoms. The van der Waals surface area contributed by atoms with Crippen molar-refractivity contribution in [3.05, 3.63) is 77.9 Å². The lowest BCUT2D eigenvalue weighted by molar-refractivity contribution is -0.119. The Kier molecular flexibility index (Phi) is 7.65. The molecule has 2 N–H and O–H groups in total. The number of benzene rings is 3. The molecule has 5 rings (SSSR count). The summed E-state index contributed by atoms with van der Waals surface area (Å²) in [5.41, 5.74) is 8.09. The molecule has 0 saturated heterocycles. The quantitative estimate of drug-likeness (QED) is 0.321. The van der Waals surface area contributed by atoms with E-state index in [0.29, 0.717) is 5.56 Å². The number of ether oxygens (including phenoxy) is 1. The summed E-state index contributed by atoms with van der Waals surface area (Å²) >= 11 is 0. The summed E-state index contributed by atoms with van der Waals surface area (Å²) in [7, 11) is -6.29. The number of aromatic nitrogens is 2. The van der Waals surface area contributed by atoms with Gasteiger partial charge >= 0.3 is 0 Å². The van der Waals surface area contributed by atoms with Gasteiger partial charge in [-0.05, 0) is 54.8 Å². The minimum absolute atomic E-state index is 0.0702. The summed E-state index contributed by atoms with van der Waals surface area (Å²) < 4.78 is 75.5. The minimum atomic E-state index is -4.18. The molecule has 0 aliphatic carbocycles. The first-order chi connectivity index (χ1) is 20.1. The molecule has 1 aromatic heterocycles. The van der Waals surface area contributed by atoms with Gasteiger partial charge in [0.2, 0.25) is 11.8 Å². The highest BCUT2D eigenvalue weighted by Gasteiger charge is 2.40. The van der Waals surface area contributed by atoms with Gasteiger partial charge in [0.1, 0.15) is 16.3 Å². The van der Waals surface area contributed by atoms with E-state index in [1.54, 1.807) is 19.2 Å². The van der Waals surface area contributed by atoms with Crippen molar-refractivity contribution in [2.45, 2.75) is 36.1 Å². The Morgan fingerprint density at radius 3 is 2.26 bits per heavy atom. The van der Waals surface area contributed by atoms with Crippen molar-refractivity contribution in [1.82, 2.24) is 10.2 Å². The van der Waals surface area contributed by atoms with E-state index in [1.165, 1.54) is 18.7 Å². The van der Waals surface area contributed by atoms with Gasteiger partial charge in [0, 0.05) is 6.26 Å². The van der Waals surface area contributed by atoms with Crippen molar-refractivity contribution in [2.24, 2.45) is 5.73 Å². The first-order valence-corrected chi connectivity index (χ1v) is 16.6. The number of fused-ring (bicyclic) bond motifs is 1. The van der Waals surface area contributed by atoms with E-state index in [9.17, 15) is 21.6 Å². The summed E-state index contributed by atoms with van der Waals surface area (Å²) in [5, 5.41) is 7.62. The molecule has 43 heavy (non-hydrogen) atoms. The fourth-order valence-corrected chi connectivity index (χ4v) is 6.51. The number of nitrogens with two attached hydrogens (primary N) is 1. The average molecular weight is 629 g/mol. The first-order valence-electron chi connectivity index (χ1n) is 13.0. The van der Waals surface area contributed by atoms with Crippen LogP contribution in [0.5, 0.6) is 5.75 Å². The van der Waals surface area contributed by atoms with Crippen molar-refractivity contribution in [3.8, 4) is 28.3 Å². The summed E-state index contributed by atoms with van der Waals surface area (Å²) in [6.07, 6.45) is 1.00. The second kappa shape index (κ2) is 10.8. The lowest BCUT2D eigenvalue weighted by atomic mass is 10.0. The minimum Gasteiger partial charge on any atom is -0.497 e. The Labute approximate surface area is 248 Å². The monoisotopic (exact) mass is 628 g/mol. The largest absolute Gasteiger partial charge is 0.497 e. The molecule has 0 radical (unpaired) electrons. The van der Waals surface area contributed by atoms with E-state index in [0.717, 1.165) is 35.3 Å². The third-order valence-electron chi connectivity index (χ3n) is 7.47. The highest BCUT2D eigenvalue weighted by atomic mass is 32.2. The molecule has 1 aliphatic heterocycles. The van der Waals surface area contributed by atoms with Crippen molar-refractivity contribution < 1.29 is 35.2 Å². The SMILES string of the molecule is COc1ccc(-c2ccc(CN3C(=O)[C@@H](N)CS(=O)(=O)c4cc(F)c(-c5nnc(C(C)(C)S(C)(=O)=O)o5)cc43)cc2)cc1. The van der Waals surface area contributed by atoms with E-state index < -0.39 is 52.8 Å². The number of halogens is 1. The molecule has 0 spiro atoms. The molecule has 226 valence electrons. The topological polar surface area (TPSA) is 163 Å². The standard InChI is InChI=1S/C29H29FN4O7S2/c1-29(2,42(4,36)37)28-33-32-26(41-28)21-13-24-25(14-22(21)30)43(38,39)16-23(31)27(35)34(24)15-17-5-7-18(8-6-17)19-9-11-20(40-3)12-10-19/h5-14,23H,15-16,31H2,1-4H3/t23-/m0/s1. The summed E-state index contributed by atoms with van der Waals surface area (Å²) in [5.74, 6) is -2.34. The molecule has 3 aromatic carbocycles. The molecule has 4 aromatic rings. The van der Waals surface area contributed by atoms with E-state index in [1.807, 2.05) is 36.4 Å². The lowest BCUT2D eigenvalue weighted by Crippen LogP contribution is -2.45. The van der Waals surface area contributed by atoms with Gasteiger partial charge in [-0.1, -0.05) is 36.4 Å².